The first-order valence-electron chi connectivity index (χ1n) is 7.90. The van der Waals surface area contributed by atoms with E-state index >= 15 is 0 Å². The lowest BCUT2D eigenvalue weighted by Crippen LogP contribution is -2.26. The molecule has 1 fully saturated rings. The predicted octanol–water partition coefficient (Wildman–Crippen LogP) is 1.78. The number of benzene rings is 1. The SMILES string of the molecule is Cc1cc(C)c(C(=O)Nc2ccc(N3CCCS3(=O)=O)cc2)c(=O)[nH]1. The van der Waals surface area contributed by atoms with Gasteiger partial charge in [0.2, 0.25) is 10.0 Å². The molecule has 1 aromatic carbocycles. The van der Waals surface area contributed by atoms with Crippen molar-refractivity contribution in [1.82, 2.24) is 4.98 Å². The molecule has 2 aromatic rings. The van der Waals surface area contributed by atoms with Crippen LogP contribution in [0.25, 0.3) is 0 Å². The summed E-state index contributed by atoms with van der Waals surface area (Å²) in [5.74, 6) is -0.346. The van der Waals surface area contributed by atoms with Gasteiger partial charge in [0.15, 0.2) is 0 Å². The Morgan fingerprint density at radius 3 is 2.44 bits per heavy atom. The maximum absolute atomic E-state index is 12.4. The molecule has 1 amide bonds. The number of sulfonamides is 1. The molecule has 0 atom stereocenters. The van der Waals surface area contributed by atoms with Crippen LogP contribution in [-0.2, 0) is 10.0 Å². The molecule has 0 radical (unpaired) electrons. The van der Waals surface area contributed by atoms with Crippen molar-refractivity contribution < 1.29 is 13.2 Å². The lowest BCUT2D eigenvalue weighted by Gasteiger charge is -2.17. The van der Waals surface area contributed by atoms with E-state index in [9.17, 15) is 18.0 Å². The van der Waals surface area contributed by atoms with Crippen LogP contribution >= 0.6 is 0 Å². The lowest BCUT2D eigenvalue weighted by molar-refractivity contribution is 0.102. The average molecular weight is 361 g/mol. The van der Waals surface area contributed by atoms with Gasteiger partial charge in [-0.25, -0.2) is 8.42 Å². The van der Waals surface area contributed by atoms with Gasteiger partial charge >= 0.3 is 0 Å². The third-order valence-electron chi connectivity index (χ3n) is 4.10. The van der Waals surface area contributed by atoms with E-state index in [2.05, 4.69) is 10.3 Å². The number of anilines is 2. The van der Waals surface area contributed by atoms with Crippen LogP contribution in [-0.4, -0.2) is 31.6 Å². The number of nitrogens with zero attached hydrogens (tertiary/aromatic N) is 1. The van der Waals surface area contributed by atoms with E-state index in [1.54, 1.807) is 44.2 Å². The summed E-state index contributed by atoms with van der Waals surface area (Å²) in [6.07, 6.45) is 0.607. The summed E-state index contributed by atoms with van der Waals surface area (Å²) in [4.78, 5) is 27.0. The van der Waals surface area contributed by atoms with Crippen molar-refractivity contribution in [1.29, 1.82) is 0 Å². The van der Waals surface area contributed by atoms with Crippen LogP contribution in [0.5, 0.6) is 0 Å². The molecule has 8 heteroatoms. The Hall–Kier alpha value is -2.61. The minimum Gasteiger partial charge on any atom is -0.326 e. The molecule has 25 heavy (non-hydrogen) atoms. The van der Waals surface area contributed by atoms with Crippen LogP contribution in [0.2, 0.25) is 0 Å². The van der Waals surface area contributed by atoms with Crippen LogP contribution in [0.1, 0.15) is 28.0 Å². The third kappa shape index (κ3) is 3.43. The number of rotatable bonds is 3. The highest BCUT2D eigenvalue weighted by molar-refractivity contribution is 7.93. The first-order chi connectivity index (χ1) is 11.8. The summed E-state index contributed by atoms with van der Waals surface area (Å²) in [7, 11) is -3.23. The second-order valence-corrected chi connectivity index (χ2v) is 8.10. The van der Waals surface area contributed by atoms with Gasteiger partial charge in [0.1, 0.15) is 5.56 Å². The number of hydrogen-bond acceptors (Lipinski definition) is 4. The maximum atomic E-state index is 12.4. The van der Waals surface area contributed by atoms with Crippen LogP contribution in [0, 0.1) is 13.8 Å². The van der Waals surface area contributed by atoms with Crippen molar-refractivity contribution in [2.75, 3.05) is 21.9 Å². The molecular formula is C17H19N3O4S. The Morgan fingerprint density at radius 2 is 1.88 bits per heavy atom. The highest BCUT2D eigenvalue weighted by Crippen LogP contribution is 2.25. The van der Waals surface area contributed by atoms with E-state index < -0.39 is 21.5 Å². The van der Waals surface area contributed by atoms with E-state index in [1.807, 2.05) is 0 Å². The normalized spacial score (nSPS) is 16.0. The van der Waals surface area contributed by atoms with Gasteiger partial charge in [-0.1, -0.05) is 0 Å². The smallest absolute Gasteiger partial charge is 0.261 e. The van der Waals surface area contributed by atoms with Crippen LogP contribution in [0.15, 0.2) is 35.1 Å². The molecule has 132 valence electrons. The summed E-state index contributed by atoms with van der Waals surface area (Å²) in [5.41, 5.74) is 1.98. The number of carbonyl (C=O) groups excluding carboxylic acids is 1. The summed E-state index contributed by atoms with van der Waals surface area (Å²) in [6, 6.07) is 8.27. The predicted molar refractivity (Wildman–Crippen MR) is 96.7 cm³/mol. The number of aromatic nitrogens is 1. The highest BCUT2D eigenvalue weighted by atomic mass is 32.2. The molecule has 3 rings (SSSR count). The largest absolute Gasteiger partial charge is 0.326 e. The Morgan fingerprint density at radius 1 is 1.20 bits per heavy atom. The molecule has 1 saturated heterocycles. The Labute approximate surface area is 145 Å². The van der Waals surface area contributed by atoms with Crippen LogP contribution in [0.4, 0.5) is 11.4 Å². The van der Waals surface area contributed by atoms with Crippen LogP contribution in [0.3, 0.4) is 0 Å². The van der Waals surface area contributed by atoms with Crippen molar-refractivity contribution in [2.45, 2.75) is 20.3 Å². The van der Waals surface area contributed by atoms with Gasteiger partial charge < -0.3 is 10.3 Å². The van der Waals surface area contributed by atoms with Gasteiger partial charge in [-0.3, -0.25) is 13.9 Å². The molecule has 0 unspecified atom stereocenters. The van der Waals surface area contributed by atoms with Gasteiger partial charge in [-0.2, -0.15) is 0 Å². The molecule has 0 saturated carbocycles. The fourth-order valence-corrected chi connectivity index (χ4v) is 4.53. The zero-order valence-electron chi connectivity index (χ0n) is 14.0. The zero-order chi connectivity index (χ0) is 18.2. The summed E-state index contributed by atoms with van der Waals surface area (Å²) >= 11 is 0. The molecule has 7 nitrogen and oxygen atoms in total. The number of H-pyrrole nitrogens is 1. The Balaban J connectivity index is 1.80. The fraction of sp³-hybridized carbons (Fsp3) is 0.294. The Bertz CT molecular complexity index is 978. The quantitative estimate of drug-likeness (QED) is 0.870. The summed E-state index contributed by atoms with van der Waals surface area (Å²) in [6.45, 7) is 3.92. The number of pyridine rings is 1. The number of hydrogen-bond donors (Lipinski definition) is 2. The minimum atomic E-state index is -3.23. The van der Waals surface area contributed by atoms with Crippen molar-refractivity contribution in [3.63, 3.8) is 0 Å². The van der Waals surface area contributed by atoms with Crippen molar-refractivity contribution in [2.24, 2.45) is 0 Å². The molecule has 1 aromatic heterocycles. The van der Waals surface area contributed by atoms with E-state index in [0.717, 1.165) is 0 Å². The van der Waals surface area contributed by atoms with Crippen molar-refractivity contribution in [3.05, 3.63) is 57.5 Å². The van der Waals surface area contributed by atoms with Gasteiger partial charge in [0.05, 0.1) is 11.4 Å². The van der Waals surface area contributed by atoms with Gasteiger partial charge in [0, 0.05) is 17.9 Å². The zero-order valence-corrected chi connectivity index (χ0v) is 14.8. The third-order valence-corrected chi connectivity index (χ3v) is 5.97. The second-order valence-electron chi connectivity index (χ2n) is 6.08. The molecule has 2 N–H and O–H groups in total. The standard InChI is InChI=1S/C17H19N3O4S/c1-11-10-12(2)18-16(21)15(11)17(22)19-13-4-6-14(7-5-13)20-8-3-9-25(20,23)24/h4-7,10H,3,8-9H2,1-2H3,(H,18,21)(H,19,22). The van der Waals surface area contributed by atoms with Crippen LogP contribution < -0.4 is 15.2 Å². The number of aromatic amines is 1. The van der Waals surface area contributed by atoms with Gasteiger partial charge in [-0.05, 0) is 56.2 Å². The fourth-order valence-electron chi connectivity index (χ4n) is 2.97. The topological polar surface area (TPSA) is 99.3 Å². The number of carbonyl (C=O) groups is 1. The first-order valence-corrected chi connectivity index (χ1v) is 9.51. The van der Waals surface area contributed by atoms with Crippen molar-refractivity contribution in [3.8, 4) is 0 Å². The molecular weight excluding hydrogens is 342 g/mol. The van der Waals surface area contributed by atoms with E-state index in [4.69, 9.17) is 0 Å². The van der Waals surface area contributed by atoms with Crippen molar-refractivity contribution >= 4 is 27.3 Å². The van der Waals surface area contributed by atoms with Gasteiger partial charge in [-0.15, -0.1) is 0 Å². The second kappa shape index (κ2) is 6.36. The van der Waals surface area contributed by atoms with E-state index in [-0.39, 0.29) is 11.3 Å². The lowest BCUT2D eigenvalue weighted by atomic mass is 10.1. The Kier molecular flexibility index (Phi) is 4.38. The monoisotopic (exact) mass is 361 g/mol. The molecule has 1 aliphatic heterocycles. The highest BCUT2D eigenvalue weighted by Gasteiger charge is 2.28. The summed E-state index contributed by atoms with van der Waals surface area (Å²) in [5, 5.41) is 2.67. The maximum Gasteiger partial charge on any atom is 0.261 e. The molecule has 0 spiro atoms. The first kappa shape index (κ1) is 17.2. The van der Waals surface area contributed by atoms with E-state index in [0.29, 0.717) is 35.6 Å². The van der Waals surface area contributed by atoms with E-state index in [1.165, 1.54) is 4.31 Å². The molecule has 1 aliphatic rings. The molecule has 0 bridgehead atoms. The number of aryl methyl sites for hydroxylation is 2. The average Bonchev–Trinajstić information content (AvgIpc) is 2.86. The summed E-state index contributed by atoms with van der Waals surface area (Å²) < 4.78 is 25.2. The molecule has 2 heterocycles. The minimum absolute atomic E-state index is 0.0665. The molecule has 0 aliphatic carbocycles. The van der Waals surface area contributed by atoms with Gasteiger partial charge in [0.25, 0.3) is 11.5 Å². The number of amides is 1. The number of nitrogens with one attached hydrogen (secondary N) is 2.